The Balaban J connectivity index is 2.23. The van der Waals surface area contributed by atoms with Crippen LogP contribution in [0.4, 0.5) is 5.82 Å². The maximum atomic E-state index is 4.48. The SMILES string of the molecule is CCNc1nc(C)nc2c1cnn2-c1ccncc1. The monoisotopic (exact) mass is 254 g/mol. The van der Waals surface area contributed by atoms with Gasteiger partial charge in [-0.15, -0.1) is 0 Å². The fourth-order valence-electron chi connectivity index (χ4n) is 1.99. The summed E-state index contributed by atoms with van der Waals surface area (Å²) in [5, 5.41) is 8.56. The molecule has 3 rings (SSSR count). The Morgan fingerprint density at radius 2 is 2.00 bits per heavy atom. The Hall–Kier alpha value is -2.50. The molecule has 0 saturated carbocycles. The van der Waals surface area contributed by atoms with E-state index in [4.69, 9.17) is 0 Å². The van der Waals surface area contributed by atoms with E-state index in [1.807, 2.05) is 26.0 Å². The van der Waals surface area contributed by atoms with Crippen molar-refractivity contribution in [2.24, 2.45) is 0 Å². The first-order chi connectivity index (χ1) is 9.29. The molecule has 1 N–H and O–H groups in total. The van der Waals surface area contributed by atoms with Gasteiger partial charge in [-0.2, -0.15) is 5.10 Å². The van der Waals surface area contributed by atoms with Gasteiger partial charge in [0.25, 0.3) is 0 Å². The van der Waals surface area contributed by atoms with Gasteiger partial charge in [0.15, 0.2) is 5.65 Å². The molecule has 0 radical (unpaired) electrons. The first-order valence-corrected chi connectivity index (χ1v) is 6.16. The van der Waals surface area contributed by atoms with Gasteiger partial charge in [-0.25, -0.2) is 14.6 Å². The third-order valence-electron chi connectivity index (χ3n) is 2.79. The molecule has 0 atom stereocenters. The van der Waals surface area contributed by atoms with Crippen molar-refractivity contribution in [1.82, 2.24) is 24.7 Å². The third kappa shape index (κ3) is 2.01. The van der Waals surface area contributed by atoms with E-state index in [2.05, 4.69) is 25.4 Å². The fraction of sp³-hybridized carbons (Fsp3) is 0.231. The number of nitrogens with zero attached hydrogens (tertiary/aromatic N) is 5. The van der Waals surface area contributed by atoms with Crippen LogP contribution in [0.1, 0.15) is 12.7 Å². The quantitative estimate of drug-likeness (QED) is 0.773. The van der Waals surface area contributed by atoms with Crippen LogP contribution in [0.2, 0.25) is 0 Å². The summed E-state index contributed by atoms with van der Waals surface area (Å²) >= 11 is 0. The second-order valence-electron chi connectivity index (χ2n) is 4.15. The minimum absolute atomic E-state index is 0.722. The summed E-state index contributed by atoms with van der Waals surface area (Å²) < 4.78 is 1.80. The van der Waals surface area contributed by atoms with E-state index >= 15 is 0 Å². The first-order valence-electron chi connectivity index (χ1n) is 6.16. The van der Waals surface area contributed by atoms with E-state index in [0.717, 1.165) is 34.9 Å². The van der Waals surface area contributed by atoms with E-state index in [0.29, 0.717) is 0 Å². The van der Waals surface area contributed by atoms with Crippen LogP contribution < -0.4 is 5.32 Å². The standard InChI is InChI=1S/C13H14N6/c1-3-15-12-11-8-16-19(10-4-6-14-7-5-10)13(11)18-9(2)17-12/h4-8H,3H2,1-2H3,(H,15,17,18). The Kier molecular flexibility index (Phi) is 2.83. The molecule has 3 heterocycles. The molecule has 6 nitrogen and oxygen atoms in total. The van der Waals surface area contributed by atoms with Crippen molar-refractivity contribution in [3.8, 4) is 5.69 Å². The van der Waals surface area contributed by atoms with Crippen molar-refractivity contribution < 1.29 is 0 Å². The highest BCUT2D eigenvalue weighted by atomic mass is 15.3. The predicted octanol–water partition coefficient (Wildman–Crippen LogP) is 1.95. The smallest absolute Gasteiger partial charge is 0.168 e. The summed E-state index contributed by atoms with van der Waals surface area (Å²) in [6.45, 7) is 4.73. The highest BCUT2D eigenvalue weighted by Gasteiger charge is 2.11. The van der Waals surface area contributed by atoms with Crippen LogP contribution in [0.5, 0.6) is 0 Å². The minimum atomic E-state index is 0.722. The van der Waals surface area contributed by atoms with Gasteiger partial charge in [0, 0.05) is 18.9 Å². The number of nitrogens with one attached hydrogen (secondary N) is 1. The normalized spacial score (nSPS) is 10.8. The molecule has 19 heavy (non-hydrogen) atoms. The van der Waals surface area contributed by atoms with Gasteiger partial charge in [-0.1, -0.05) is 0 Å². The van der Waals surface area contributed by atoms with Gasteiger partial charge >= 0.3 is 0 Å². The van der Waals surface area contributed by atoms with Crippen molar-refractivity contribution in [3.05, 3.63) is 36.5 Å². The lowest BCUT2D eigenvalue weighted by molar-refractivity contribution is 0.887. The van der Waals surface area contributed by atoms with E-state index in [9.17, 15) is 0 Å². The number of rotatable bonds is 3. The predicted molar refractivity (Wildman–Crippen MR) is 73.4 cm³/mol. The molecular formula is C13H14N6. The maximum absolute atomic E-state index is 4.48. The molecule has 0 saturated heterocycles. The van der Waals surface area contributed by atoms with Crippen LogP contribution >= 0.6 is 0 Å². The van der Waals surface area contributed by atoms with Crippen molar-refractivity contribution in [2.45, 2.75) is 13.8 Å². The van der Waals surface area contributed by atoms with Gasteiger partial charge in [-0.3, -0.25) is 4.98 Å². The molecule has 0 aliphatic heterocycles. The zero-order valence-corrected chi connectivity index (χ0v) is 10.8. The molecule has 3 aromatic rings. The number of hydrogen-bond acceptors (Lipinski definition) is 5. The minimum Gasteiger partial charge on any atom is -0.370 e. The van der Waals surface area contributed by atoms with Crippen LogP contribution in [-0.4, -0.2) is 31.3 Å². The lowest BCUT2D eigenvalue weighted by Gasteiger charge is -2.06. The first kappa shape index (κ1) is 11.6. The van der Waals surface area contributed by atoms with Gasteiger partial charge in [-0.05, 0) is 26.0 Å². The molecule has 0 spiro atoms. The summed E-state index contributed by atoms with van der Waals surface area (Å²) in [5.41, 5.74) is 1.74. The molecule has 0 fully saturated rings. The van der Waals surface area contributed by atoms with Crippen molar-refractivity contribution in [1.29, 1.82) is 0 Å². The summed E-state index contributed by atoms with van der Waals surface area (Å²) in [7, 11) is 0. The van der Waals surface area contributed by atoms with Gasteiger partial charge in [0.1, 0.15) is 11.6 Å². The van der Waals surface area contributed by atoms with Crippen molar-refractivity contribution in [2.75, 3.05) is 11.9 Å². The number of aromatic nitrogens is 5. The molecule has 0 aliphatic rings. The number of fused-ring (bicyclic) bond motifs is 1. The summed E-state index contributed by atoms with van der Waals surface area (Å²) in [5.74, 6) is 1.55. The van der Waals surface area contributed by atoms with Crippen LogP contribution in [0.25, 0.3) is 16.7 Å². The molecule has 96 valence electrons. The zero-order chi connectivity index (χ0) is 13.2. The number of anilines is 1. The number of hydrogen-bond donors (Lipinski definition) is 1. The van der Waals surface area contributed by atoms with E-state index in [-0.39, 0.29) is 0 Å². The third-order valence-corrected chi connectivity index (χ3v) is 2.79. The van der Waals surface area contributed by atoms with Gasteiger partial charge in [0.2, 0.25) is 0 Å². The van der Waals surface area contributed by atoms with Gasteiger partial charge < -0.3 is 5.32 Å². The molecule has 0 aromatic carbocycles. The largest absolute Gasteiger partial charge is 0.370 e. The maximum Gasteiger partial charge on any atom is 0.168 e. The molecule has 0 aliphatic carbocycles. The van der Waals surface area contributed by atoms with E-state index in [1.165, 1.54) is 0 Å². The van der Waals surface area contributed by atoms with Crippen molar-refractivity contribution >= 4 is 16.9 Å². The molecular weight excluding hydrogens is 240 g/mol. The van der Waals surface area contributed by atoms with Crippen LogP contribution in [0, 0.1) is 6.92 Å². The van der Waals surface area contributed by atoms with E-state index < -0.39 is 0 Å². The Morgan fingerprint density at radius 1 is 1.21 bits per heavy atom. The topological polar surface area (TPSA) is 68.5 Å². The molecule has 6 heteroatoms. The summed E-state index contributed by atoms with van der Waals surface area (Å²) in [6, 6.07) is 3.80. The number of pyridine rings is 1. The lowest BCUT2D eigenvalue weighted by Crippen LogP contribution is -2.04. The Labute approximate surface area is 110 Å². The molecule has 0 bridgehead atoms. The van der Waals surface area contributed by atoms with Crippen LogP contribution in [0.15, 0.2) is 30.7 Å². The Morgan fingerprint density at radius 3 is 2.74 bits per heavy atom. The second-order valence-corrected chi connectivity index (χ2v) is 4.15. The second kappa shape index (κ2) is 4.64. The van der Waals surface area contributed by atoms with Crippen molar-refractivity contribution in [3.63, 3.8) is 0 Å². The molecule has 0 amide bonds. The van der Waals surface area contributed by atoms with E-state index in [1.54, 1.807) is 23.3 Å². The zero-order valence-electron chi connectivity index (χ0n) is 10.8. The summed E-state index contributed by atoms with van der Waals surface area (Å²) in [6.07, 6.45) is 5.26. The summed E-state index contributed by atoms with van der Waals surface area (Å²) in [4.78, 5) is 12.9. The van der Waals surface area contributed by atoms with Crippen LogP contribution in [-0.2, 0) is 0 Å². The number of aryl methyl sites for hydroxylation is 1. The van der Waals surface area contributed by atoms with Crippen LogP contribution in [0.3, 0.4) is 0 Å². The highest BCUT2D eigenvalue weighted by Crippen LogP contribution is 2.22. The average Bonchev–Trinajstić information content (AvgIpc) is 2.84. The lowest BCUT2D eigenvalue weighted by atomic mass is 10.3. The molecule has 0 unspecified atom stereocenters. The molecule has 3 aromatic heterocycles. The fourth-order valence-corrected chi connectivity index (χ4v) is 1.99. The average molecular weight is 254 g/mol. The van der Waals surface area contributed by atoms with Gasteiger partial charge in [0.05, 0.1) is 17.3 Å². The highest BCUT2D eigenvalue weighted by molar-refractivity contribution is 5.87. The Bertz CT molecular complexity index is 704.